The SMILES string of the molecule is CC(C)(C)OC(=O)NC1CCN(CC(O)(c2cn(Cc3ccccc3)c3cc([N+](=O)[O-])ccc23)C(F)(F)F)CC1. The standard InChI is InChI=1S/C28H33F3N4O5/c1-26(2,3)40-25(36)32-20-11-13-33(14-12-20)18-27(37,28(29,30)31)23-17-34(16-19-7-5-4-6-8-19)24-15-21(35(38)39)9-10-22(23)24/h4-10,15,17,20,37H,11-14,16,18H2,1-3H3,(H,32,36). The van der Waals surface area contributed by atoms with E-state index in [4.69, 9.17) is 4.74 Å². The van der Waals surface area contributed by atoms with Crippen molar-refractivity contribution in [3.63, 3.8) is 0 Å². The summed E-state index contributed by atoms with van der Waals surface area (Å²) in [6, 6.07) is 12.4. The number of nitrogens with zero attached hydrogens (tertiary/aromatic N) is 3. The first-order chi connectivity index (χ1) is 18.7. The first-order valence-electron chi connectivity index (χ1n) is 13.0. The van der Waals surface area contributed by atoms with Gasteiger partial charge < -0.3 is 19.7 Å². The third kappa shape index (κ3) is 6.56. The summed E-state index contributed by atoms with van der Waals surface area (Å²) in [7, 11) is 0. The van der Waals surface area contributed by atoms with Gasteiger partial charge in [-0.3, -0.25) is 15.0 Å². The molecule has 1 atom stereocenters. The van der Waals surface area contributed by atoms with Crippen LogP contribution in [0.1, 0.15) is 44.7 Å². The average Bonchev–Trinajstić information content (AvgIpc) is 3.22. The Kier molecular flexibility index (Phi) is 8.13. The minimum atomic E-state index is -5.04. The quantitative estimate of drug-likeness (QED) is 0.297. The number of benzene rings is 2. The summed E-state index contributed by atoms with van der Waals surface area (Å²) < 4.78 is 50.7. The van der Waals surface area contributed by atoms with Crippen molar-refractivity contribution >= 4 is 22.7 Å². The number of rotatable bonds is 7. The van der Waals surface area contributed by atoms with E-state index in [1.807, 2.05) is 6.07 Å². The molecule has 0 radical (unpaired) electrons. The maximum atomic E-state index is 14.7. The second kappa shape index (κ2) is 11.1. The second-order valence-corrected chi connectivity index (χ2v) is 11.2. The van der Waals surface area contributed by atoms with E-state index in [0.717, 1.165) is 11.6 Å². The maximum Gasteiger partial charge on any atom is 0.422 e. The molecule has 0 saturated carbocycles. The highest BCUT2D eigenvalue weighted by Gasteiger charge is 2.57. The van der Waals surface area contributed by atoms with Gasteiger partial charge in [-0.1, -0.05) is 30.3 Å². The molecule has 9 nitrogen and oxygen atoms in total. The van der Waals surface area contributed by atoms with Gasteiger partial charge in [0.2, 0.25) is 5.60 Å². The molecule has 2 aromatic carbocycles. The van der Waals surface area contributed by atoms with Gasteiger partial charge in [-0.25, -0.2) is 4.79 Å². The van der Waals surface area contributed by atoms with Crippen LogP contribution in [0.5, 0.6) is 0 Å². The van der Waals surface area contributed by atoms with Gasteiger partial charge in [0.05, 0.1) is 10.4 Å². The summed E-state index contributed by atoms with van der Waals surface area (Å²) in [4.78, 5) is 24.4. The largest absolute Gasteiger partial charge is 0.444 e. The highest BCUT2D eigenvalue weighted by atomic mass is 19.4. The third-order valence-electron chi connectivity index (χ3n) is 6.95. The number of β-amino-alcohol motifs (C(OH)–C–C–N with tert-alkyl or cyclic N) is 1. The van der Waals surface area contributed by atoms with Crippen LogP contribution < -0.4 is 5.32 Å². The Bertz CT molecular complexity index is 1360. The van der Waals surface area contributed by atoms with Crippen LogP contribution >= 0.6 is 0 Å². The van der Waals surface area contributed by atoms with Crippen molar-refractivity contribution in [3.05, 3.63) is 76.0 Å². The van der Waals surface area contributed by atoms with Gasteiger partial charge in [0.15, 0.2) is 0 Å². The molecular weight excluding hydrogens is 529 g/mol. The monoisotopic (exact) mass is 562 g/mol. The normalized spacial score (nSPS) is 17.0. The maximum absolute atomic E-state index is 14.7. The number of nitrogens with one attached hydrogen (secondary N) is 1. The number of aliphatic hydroxyl groups is 1. The summed E-state index contributed by atoms with van der Waals surface area (Å²) in [6.45, 7) is 5.08. The lowest BCUT2D eigenvalue weighted by molar-refractivity contribution is -0.384. The predicted octanol–water partition coefficient (Wildman–Crippen LogP) is 5.34. The molecule has 2 heterocycles. The smallest absolute Gasteiger partial charge is 0.422 e. The van der Waals surface area contributed by atoms with Crippen molar-refractivity contribution in [3.8, 4) is 0 Å². The molecule has 1 saturated heterocycles. The van der Waals surface area contributed by atoms with Crippen LogP contribution in [0, 0.1) is 10.1 Å². The number of ether oxygens (including phenoxy) is 1. The highest BCUT2D eigenvalue weighted by molar-refractivity contribution is 5.87. The van der Waals surface area contributed by atoms with Crippen molar-refractivity contribution in [2.75, 3.05) is 19.6 Å². The van der Waals surface area contributed by atoms with Gasteiger partial charge in [-0.05, 0) is 45.2 Å². The van der Waals surface area contributed by atoms with Crippen LogP contribution in [0.3, 0.4) is 0 Å². The Morgan fingerprint density at radius 2 is 1.77 bits per heavy atom. The Morgan fingerprint density at radius 1 is 1.12 bits per heavy atom. The molecule has 2 N–H and O–H groups in total. The average molecular weight is 563 g/mol. The molecule has 1 unspecified atom stereocenters. The molecule has 4 rings (SSSR count). The number of halogens is 3. The van der Waals surface area contributed by atoms with E-state index < -0.39 is 34.9 Å². The number of nitro benzene ring substituents is 1. The van der Waals surface area contributed by atoms with Gasteiger partial charge in [0.1, 0.15) is 5.60 Å². The number of carbonyl (C=O) groups excluding carboxylic acids is 1. The minimum absolute atomic E-state index is 0.0860. The molecule has 1 aliphatic heterocycles. The molecule has 1 amide bonds. The van der Waals surface area contributed by atoms with E-state index >= 15 is 0 Å². The predicted molar refractivity (Wildman–Crippen MR) is 143 cm³/mol. The summed E-state index contributed by atoms with van der Waals surface area (Å²) in [6.07, 6.45) is -3.61. The number of hydrogen-bond acceptors (Lipinski definition) is 6. The first kappa shape index (κ1) is 29.3. The van der Waals surface area contributed by atoms with E-state index in [1.54, 1.807) is 45.0 Å². The lowest BCUT2D eigenvalue weighted by Gasteiger charge is -2.39. The molecule has 216 valence electrons. The van der Waals surface area contributed by atoms with Crippen LogP contribution in [-0.4, -0.2) is 63.0 Å². The van der Waals surface area contributed by atoms with Crippen molar-refractivity contribution in [1.29, 1.82) is 0 Å². The number of alkyl halides is 3. The number of piperidine rings is 1. The number of likely N-dealkylation sites (tertiary alicyclic amines) is 1. The molecule has 1 aromatic heterocycles. The highest BCUT2D eigenvalue weighted by Crippen LogP contribution is 2.44. The summed E-state index contributed by atoms with van der Waals surface area (Å²) >= 11 is 0. The molecule has 0 aliphatic carbocycles. The van der Waals surface area contributed by atoms with E-state index in [2.05, 4.69) is 5.32 Å². The summed E-state index contributed by atoms with van der Waals surface area (Å²) in [5.74, 6) is 0. The van der Waals surface area contributed by atoms with E-state index in [-0.39, 0.29) is 47.8 Å². The van der Waals surface area contributed by atoms with Crippen LogP contribution in [-0.2, 0) is 16.9 Å². The number of hydrogen-bond donors (Lipinski definition) is 2. The van der Waals surface area contributed by atoms with Crippen LogP contribution in [0.25, 0.3) is 10.9 Å². The van der Waals surface area contributed by atoms with Crippen molar-refractivity contribution < 1.29 is 32.7 Å². The molecule has 1 aliphatic rings. The fourth-order valence-corrected chi connectivity index (χ4v) is 5.00. The molecule has 3 aromatic rings. The number of aromatic nitrogens is 1. The van der Waals surface area contributed by atoms with Crippen LogP contribution in [0.15, 0.2) is 54.7 Å². The van der Waals surface area contributed by atoms with Crippen LogP contribution in [0.4, 0.5) is 23.7 Å². The molecule has 12 heteroatoms. The number of non-ortho nitro benzene ring substituents is 1. The molecule has 0 spiro atoms. The summed E-state index contributed by atoms with van der Waals surface area (Å²) in [5, 5.41) is 25.6. The number of fused-ring (bicyclic) bond motifs is 1. The molecule has 40 heavy (non-hydrogen) atoms. The fourth-order valence-electron chi connectivity index (χ4n) is 5.00. The van der Waals surface area contributed by atoms with Crippen LogP contribution in [0.2, 0.25) is 0 Å². The van der Waals surface area contributed by atoms with Crippen molar-refractivity contribution in [2.45, 2.75) is 63.6 Å². The topological polar surface area (TPSA) is 110 Å². The Labute approximate surface area is 229 Å². The number of alkyl carbamates (subject to hydrolysis) is 1. The van der Waals surface area contributed by atoms with E-state index in [0.29, 0.717) is 12.8 Å². The second-order valence-electron chi connectivity index (χ2n) is 11.2. The van der Waals surface area contributed by atoms with E-state index in [1.165, 1.54) is 27.8 Å². The van der Waals surface area contributed by atoms with E-state index in [9.17, 15) is 33.2 Å². The van der Waals surface area contributed by atoms with Gasteiger partial charge in [-0.2, -0.15) is 13.2 Å². The minimum Gasteiger partial charge on any atom is -0.444 e. The van der Waals surface area contributed by atoms with Crippen molar-refractivity contribution in [2.24, 2.45) is 0 Å². The zero-order valence-corrected chi connectivity index (χ0v) is 22.6. The third-order valence-corrected chi connectivity index (χ3v) is 6.95. The fraction of sp³-hybridized carbons (Fsp3) is 0.464. The zero-order valence-electron chi connectivity index (χ0n) is 22.6. The number of carbonyl (C=O) groups is 1. The molecular formula is C28H33F3N4O5. The first-order valence-corrected chi connectivity index (χ1v) is 13.0. The molecule has 0 bridgehead atoms. The van der Waals surface area contributed by atoms with Gasteiger partial charge in [0.25, 0.3) is 5.69 Å². The number of nitro groups is 1. The number of amides is 1. The summed E-state index contributed by atoms with van der Waals surface area (Å²) in [5.41, 5.74) is -3.54. The zero-order chi connectivity index (χ0) is 29.3. The lowest BCUT2D eigenvalue weighted by atomic mass is 9.90. The molecule has 1 fully saturated rings. The van der Waals surface area contributed by atoms with Gasteiger partial charge in [0, 0.05) is 61.5 Å². The Balaban J connectivity index is 1.62. The van der Waals surface area contributed by atoms with Crippen molar-refractivity contribution in [1.82, 2.24) is 14.8 Å². The Morgan fingerprint density at radius 3 is 2.35 bits per heavy atom. The van der Waals surface area contributed by atoms with Gasteiger partial charge in [-0.15, -0.1) is 0 Å². The van der Waals surface area contributed by atoms with Gasteiger partial charge >= 0.3 is 12.3 Å². The lowest BCUT2D eigenvalue weighted by Crippen LogP contribution is -2.54. The Hall–Kier alpha value is -3.64.